The van der Waals surface area contributed by atoms with E-state index >= 15 is 0 Å². The zero-order chi connectivity index (χ0) is 5.28. The van der Waals surface area contributed by atoms with Gasteiger partial charge in [-0.3, -0.25) is 0 Å². The van der Waals surface area contributed by atoms with Crippen molar-refractivity contribution in [2.75, 3.05) is 0 Å². The fourth-order valence-electron chi connectivity index (χ4n) is 0.729. The summed E-state index contributed by atoms with van der Waals surface area (Å²) in [5.41, 5.74) is 0. The van der Waals surface area contributed by atoms with Crippen molar-refractivity contribution >= 4 is 5.78 Å². The first kappa shape index (κ1) is 7.67. The molecule has 0 aromatic carbocycles. The van der Waals surface area contributed by atoms with Gasteiger partial charge in [-0.2, -0.15) is 0 Å². The monoisotopic (exact) mass is 114 g/mol. The first-order valence-corrected chi connectivity index (χ1v) is 2.78. The van der Waals surface area contributed by atoms with Crippen LogP contribution in [-0.2, 0) is 4.79 Å². The molecule has 1 rings (SSSR count). The van der Waals surface area contributed by atoms with Crippen molar-refractivity contribution in [1.82, 2.24) is 0 Å². The topological polar surface area (TPSA) is 17.1 Å². The van der Waals surface area contributed by atoms with Crippen LogP contribution in [0, 0.1) is 5.92 Å². The maximum Gasteiger partial charge on any atom is 0.130 e. The molecule has 1 aliphatic rings. The molecule has 0 saturated heterocycles. The zero-order valence-electron chi connectivity index (χ0n) is 4.61. The molecule has 0 unspecified atom stereocenters. The van der Waals surface area contributed by atoms with Crippen LogP contribution < -0.4 is 0 Å². The van der Waals surface area contributed by atoms with Gasteiger partial charge < -0.3 is 4.79 Å². The SMILES string of the molecule is C.CC(=O)CC1CC1. The minimum atomic E-state index is 0. The maximum atomic E-state index is 10.3. The molecular formula is C7H14O. The van der Waals surface area contributed by atoms with Crippen LogP contribution in [0.4, 0.5) is 0 Å². The smallest absolute Gasteiger partial charge is 0.130 e. The van der Waals surface area contributed by atoms with Gasteiger partial charge in [-0.05, 0) is 25.7 Å². The highest BCUT2D eigenvalue weighted by molar-refractivity contribution is 5.75. The minimum absolute atomic E-state index is 0. The van der Waals surface area contributed by atoms with Crippen LogP contribution in [0.5, 0.6) is 0 Å². The summed E-state index contributed by atoms with van der Waals surface area (Å²) in [5.74, 6) is 1.13. The van der Waals surface area contributed by atoms with Crippen molar-refractivity contribution in [2.24, 2.45) is 5.92 Å². The molecule has 0 aromatic heterocycles. The van der Waals surface area contributed by atoms with Gasteiger partial charge in [0.05, 0.1) is 0 Å². The van der Waals surface area contributed by atoms with E-state index in [1.165, 1.54) is 12.8 Å². The fourth-order valence-corrected chi connectivity index (χ4v) is 0.729. The first-order valence-electron chi connectivity index (χ1n) is 2.78. The molecule has 1 saturated carbocycles. The molecule has 8 heavy (non-hydrogen) atoms. The standard InChI is InChI=1S/C6H10O.CH4/c1-5(7)4-6-2-3-6;/h6H,2-4H2,1H3;1H4. The van der Waals surface area contributed by atoms with Crippen molar-refractivity contribution < 1.29 is 4.79 Å². The van der Waals surface area contributed by atoms with E-state index in [1.807, 2.05) is 0 Å². The Hall–Kier alpha value is -0.330. The third-order valence-corrected chi connectivity index (χ3v) is 1.27. The predicted molar refractivity (Wildman–Crippen MR) is 34.8 cm³/mol. The molecule has 1 aliphatic carbocycles. The van der Waals surface area contributed by atoms with Gasteiger partial charge in [0.25, 0.3) is 0 Å². The van der Waals surface area contributed by atoms with Gasteiger partial charge in [0.2, 0.25) is 0 Å². The fraction of sp³-hybridized carbons (Fsp3) is 0.857. The lowest BCUT2D eigenvalue weighted by Crippen LogP contribution is -1.88. The van der Waals surface area contributed by atoms with Gasteiger partial charge in [-0.15, -0.1) is 0 Å². The summed E-state index contributed by atoms with van der Waals surface area (Å²) < 4.78 is 0. The molecule has 1 nitrogen and oxygen atoms in total. The van der Waals surface area contributed by atoms with Crippen LogP contribution in [0.25, 0.3) is 0 Å². The van der Waals surface area contributed by atoms with Gasteiger partial charge in [0.15, 0.2) is 0 Å². The second kappa shape index (κ2) is 2.85. The summed E-state index contributed by atoms with van der Waals surface area (Å²) in [6, 6.07) is 0. The Balaban J connectivity index is 0.000000490. The summed E-state index contributed by atoms with van der Waals surface area (Å²) >= 11 is 0. The number of ketones is 1. The van der Waals surface area contributed by atoms with Crippen molar-refractivity contribution in [2.45, 2.75) is 33.6 Å². The predicted octanol–water partition coefficient (Wildman–Crippen LogP) is 2.01. The van der Waals surface area contributed by atoms with Gasteiger partial charge >= 0.3 is 0 Å². The van der Waals surface area contributed by atoms with Crippen LogP contribution in [0.3, 0.4) is 0 Å². The molecule has 0 radical (unpaired) electrons. The third kappa shape index (κ3) is 2.78. The molecule has 0 spiro atoms. The molecule has 1 fully saturated rings. The summed E-state index contributed by atoms with van der Waals surface area (Å²) in [4.78, 5) is 10.3. The highest BCUT2D eigenvalue weighted by Gasteiger charge is 2.22. The molecule has 1 heteroatoms. The largest absolute Gasteiger partial charge is 0.300 e. The Morgan fingerprint density at radius 1 is 1.62 bits per heavy atom. The Labute approximate surface area is 51.1 Å². The Bertz CT molecular complexity index is 82.4. The van der Waals surface area contributed by atoms with Crippen LogP contribution in [0.1, 0.15) is 33.6 Å². The number of hydrogen-bond acceptors (Lipinski definition) is 1. The van der Waals surface area contributed by atoms with Gasteiger partial charge in [-0.25, -0.2) is 0 Å². The molecule has 48 valence electrons. The van der Waals surface area contributed by atoms with Crippen LogP contribution in [0.15, 0.2) is 0 Å². The van der Waals surface area contributed by atoms with E-state index in [2.05, 4.69) is 0 Å². The third-order valence-electron chi connectivity index (χ3n) is 1.27. The van der Waals surface area contributed by atoms with Gasteiger partial charge in [0, 0.05) is 6.42 Å². The van der Waals surface area contributed by atoms with Crippen LogP contribution in [-0.4, -0.2) is 5.78 Å². The van der Waals surface area contributed by atoms with E-state index in [-0.39, 0.29) is 7.43 Å². The number of carbonyl (C=O) groups is 1. The van der Waals surface area contributed by atoms with Crippen molar-refractivity contribution in [1.29, 1.82) is 0 Å². The molecule has 0 heterocycles. The molecule has 0 aromatic rings. The number of rotatable bonds is 2. The van der Waals surface area contributed by atoms with Crippen molar-refractivity contribution in [3.8, 4) is 0 Å². The van der Waals surface area contributed by atoms with Crippen molar-refractivity contribution in [3.63, 3.8) is 0 Å². The van der Waals surface area contributed by atoms with E-state index in [9.17, 15) is 4.79 Å². The summed E-state index contributed by atoms with van der Waals surface area (Å²) in [7, 11) is 0. The Kier molecular flexibility index (Phi) is 2.74. The van der Waals surface area contributed by atoms with Gasteiger partial charge in [0.1, 0.15) is 5.78 Å². The average Bonchev–Trinajstić information content (AvgIpc) is 2.17. The maximum absolute atomic E-state index is 10.3. The average molecular weight is 114 g/mol. The highest BCUT2D eigenvalue weighted by atomic mass is 16.1. The number of Topliss-reactive ketones (excluding diaryl/α,β-unsaturated/α-hetero) is 1. The van der Waals surface area contributed by atoms with E-state index in [1.54, 1.807) is 6.92 Å². The van der Waals surface area contributed by atoms with E-state index in [0.29, 0.717) is 5.78 Å². The molecule has 0 bridgehead atoms. The second-order valence-corrected chi connectivity index (χ2v) is 2.35. The lowest BCUT2D eigenvalue weighted by atomic mass is 10.2. The quantitative estimate of drug-likeness (QED) is 0.536. The second-order valence-electron chi connectivity index (χ2n) is 2.35. The zero-order valence-corrected chi connectivity index (χ0v) is 4.61. The molecule has 0 aliphatic heterocycles. The number of carbonyl (C=O) groups excluding carboxylic acids is 1. The lowest BCUT2D eigenvalue weighted by molar-refractivity contribution is -0.117. The van der Waals surface area contributed by atoms with Crippen molar-refractivity contribution in [3.05, 3.63) is 0 Å². The number of hydrogen-bond donors (Lipinski definition) is 0. The molecule has 0 atom stereocenters. The highest BCUT2D eigenvalue weighted by Crippen LogP contribution is 2.32. The van der Waals surface area contributed by atoms with Crippen LogP contribution in [0.2, 0.25) is 0 Å². The summed E-state index contributed by atoms with van der Waals surface area (Å²) in [6.07, 6.45) is 3.42. The van der Waals surface area contributed by atoms with Gasteiger partial charge in [-0.1, -0.05) is 7.43 Å². The minimum Gasteiger partial charge on any atom is -0.300 e. The lowest BCUT2D eigenvalue weighted by Gasteiger charge is -1.83. The van der Waals surface area contributed by atoms with E-state index in [4.69, 9.17) is 0 Å². The Morgan fingerprint density at radius 3 is 2.25 bits per heavy atom. The normalized spacial score (nSPS) is 17.1. The summed E-state index contributed by atoms with van der Waals surface area (Å²) in [6.45, 7) is 1.66. The molecular weight excluding hydrogens is 100 g/mol. The van der Waals surface area contributed by atoms with E-state index in [0.717, 1.165) is 12.3 Å². The summed E-state index contributed by atoms with van der Waals surface area (Å²) in [5, 5.41) is 0. The Morgan fingerprint density at radius 2 is 2.12 bits per heavy atom. The first-order chi connectivity index (χ1) is 3.29. The molecule has 0 N–H and O–H groups in total. The molecule has 0 amide bonds. The van der Waals surface area contributed by atoms with Crippen LogP contribution >= 0.6 is 0 Å². The van der Waals surface area contributed by atoms with E-state index < -0.39 is 0 Å².